The van der Waals surface area contributed by atoms with Crippen LogP contribution in [0, 0.1) is 6.92 Å². The SMILES string of the molecule is Cc1c(Cl)cccc1C(Cl)C(C)c1ccccn1. The summed E-state index contributed by atoms with van der Waals surface area (Å²) in [5.74, 6) is 0.144. The number of aromatic nitrogens is 1. The molecule has 0 aliphatic rings. The fourth-order valence-corrected chi connectivity index (χ4v) is 2.53. The number of nitrogens with zero attached hydrogens (tertiary/aromatic N) is 1. The summed E-state index contributed by atoms with van der Waals surface area (Å²) >= 11 is 12.7. The van der Waals surface area contributed by atoms with Gasteiger partial charge in [0.05, 0.1) is 5.38 Å². The van der Waals surface area contributed by atoms with Gasteiger partial charge in [-0.3, -0.25) is 4.98 Å². The van der Waals surface area contributed by atoms with Gasteiger partial charge < -0.3 is 0 Å². The van der Waals surface area contributed by atoms with Gasteiger partial charge in [0.2, 0.25) is 0 Å². The number of pyridine rings is 1. The molecule has 0 saturated heterocycles. The number of alkyl halides is 1. The van der Waals surface area contributed by atoms with Crippen LogP contribution in [0.3, 0.4) is 0 Å². The Labute approximate surface area is 118 Å². The van der Waals surface area contributed by atoms with Crippen LogP contribution in [0.1, 0.15) is 35.0 Å². The molecule has 2 atom stereocenters. The standard InChI is InChI=1S/C15H15Cl2N/c1-10-12(6-5-7-13(10)16)15(17)11(2)14-8-3-4-9-18-14/h3-9,11,15H,1-2H3. The molecule has 2 rings (SSSR count). The molecule has 0 saturated carbocycles. The van der Waals surface area contributed by atoms with Gasteiger partial charge in [-0.05, 0) is 36.2 Å². The highest BCUT2D eigenvalue weighted by molar-refractivity contribution is 6.31. The Bertz CT molecular complexity index is 525. The highest BCUT2D eigenvalue weighted by atomic mass is 35.5. The predicted molar refractivity (Wildman–Crippen MR) is 77.4 cm³/mol. The van der Waals surface area contributed by atoms with E-state index >= 15 is 0 Å². The van der Waals surface area contributed by atoms with Crippen molar-refractivity contribution in [1.29, 1.82) is 0 Å². The van der Waals surface area contributed by atoms with Gasteiger partial charge in [0.15, 0.2) is 0 Å². The molecule has 0 fully saturated rings. The molecule has 18 heavy (non-hydrogen) atoms. The van der Waals surface area contributed by atoms with Crippen molar-refractivity contribution in [2.75, 3.05) is 0 Å². The second-order valence-electron chi connectivity index (χ2n) is 4.40. The van der Waals surface area contributed by atoms with Crippen molar-refractivity contribution < 1.29 is 0 Å². The van der Waals surface area contributed by atoms with Crippen molar-refractivity contribution in [2.24, 2.45) is 0 Å². The van der Waals surface area contributed by atoms with E-state index in [1.54, 1.807) is 6.20 Å². The molecule has 1 heterocycles. The zero-order valence-corrected chi connectivity index (χ0v) is 11.9. The van der Waals surface area contributed by atoms with E-state index in [9.17, 15) is 0 Å². The van der Waals surface area contributed by atoms with E-state index in [0.29, 0.717) is 0 Å². The minimum Gasteiger partial charge on any atom is -0.261 e. The normalized spacial score (nSPS) is 14.2. The molecule has 0 spiro atoms. The third-order valence-corrected chi connectivity index (χ3v) is 4.22. The van der Waals surface area contributed by atoms with Gasteiger partial charge in [0.25, 0.3) is 0 Å². The molecule has 2 aromatic rings. The van der Waals surface area contributed by atoms with Crippen LogP contribution < -0.4 is 0 Å². The highest BCUT2D eigenvalue weighted by Crippen LogP contribution is 2.38. The number of hydrogen-bond donors (Lipinski definition) is 0. The highest BCUT2D eigenvalue weighted by Gasteiger charge is 2.21. The van der Waals surface area contributed by atoms with Crippen LogP contribution >= 0.6 is 23.2 Å². The Hall–Kier alpha value is -1.05. The van der Waals surface area contributed by atoms with Gasteiger partial charge in [0, 0.05) is 22.8 Å². The molecule has 0 N–H and O–H groups in total. The summed E-state index contributed by atoms with van der Waals surface area (Å²) in [6.45, 7) is 4.08. The second-order valence-corrected chi connectivity index (χ2v) is 5.28. The monoisotopic (exact) mass is 279 g/mol. The summed E-state index contributed by atoms with van der Waals surface area (Å²) in [7, 11) is 0. The molecular weight excluding hydrogens is 265 g/mol. The summed E-state index contributed by atoms with van der Waals surface area (Å²) < 4.78 is 0. The van der Waals surface area contributed by atoms with Gasteiger partial charge in [0.1, 0.15) is 0 Å². The first-order chi connectivity index (χ1) is 8.61. The lowest BCUT2D eigenvalue weighted by molar-refractivity contribution is 0.703. The lowest BCUT2D eigenvalue weighted by atomic mass is 9.94. The van der Waals surface area contributed by atoms with Gasteiger partial charge in [-0.1, -0.05) is 36.7 Å². The van der Waals surface area contributed by atoms with Crippen molar-refractivity contribution in [3.8, 4) is 0 Å². The average Bonchev–Trinajstić information content (AvgIpc) is 2.41. The first kappa shape index (κ1) is 13.4. The topological polar surface area (TPSA) is 12.9 Å². The molecule has 2 unspecified atom stereocenters. The third kappa shape index (κ3) is 2.68. The Morgan fingerprint density at radius 3 is 2.56 bits per heavy atom. The molecule has 1 aromatic heterocycles. The van der Waals surface area contributed by atoms with Crippen LogP contribution in [-0.4, -0.2) is 4.98 Å². The van der Waals surface area contributed by atoms with Crippen LogP contribution in [0.5, 0.6) is 0 Å². The van der Waals surface area contributed by atoms with E-state index in [1.807, 2.05) is 43.3 Å². The fourth-order valence-electron chi connectivity index (χ4n) is 1.99. The molecule has 1 aromatic carbocycles. The van der Waals surface area contributed by atoms with Crippen LogP contribution in [0.2, 0.25) is 5.02 Å². The first-order valence-corrected chi connectivity index (χ1v) is 6.72. The largest absolute Gasteiger partial charge is 0.261 e. The van der Waals surface area contributed by atoms with E-state index < -0.39 is 0 Å². The van der Waals surface area contributed by atoms with Crippen molar-refractivity contribution in [3.05, 3.63) is 64.4 Å². The van der Waals surface area contributed by atoms with E-state index in [0.717, 1.165) is 21.8 Å². The third-order valence-electron chi connectivity index (χ3n) is 3.20. The lowest BCUT2D eigenvalue weighted by Gasteiger charge is -2.20. The van der Waals surface area contributed by atoms with Gasteiger partial charge in [-0.2, -0.15) is 0 Å². The van der Waals surface area contributed by atoms with E-state index in [-0.39, 0.29) is 11.3 Å². The minimum atomic E-state index is -0.126. The molecule has 0 bridgehead atoms. The maximum atomic E-state index is 6.57. The quantitative estimate of drug-likeness (QED) is 0.710. The summed E-state index contributed by atoms with van der Waals surface area (Å²) in [6.07, 6.45) is 1.79. The zero-order chi connectivity index (χ0) is 13.1. The van der Waals surface area contributed by atoms with Crippen molar-refractivity contribution >= 4 is 23.2 Å². The molecular formula is C15H15Cl2N. The number of halogens is 2. The number of hydrogen-bond acceptors (Lipinski definition) is 1. The molecule has 0 amide bonds. The molecule has 1 nitrogen and oxygen atoms in total. The van der Waals surface area contributed by atoms with Crippen LogP contribution in [-0.2, 0) is 0 Å². The minimum absolute atomic E-state index is 0.126. The average molecular weight is 280 g/mol. The van der Waals surface area contributed by atoms with Gasteiger partial charge >= 0.3 is 0 Å². The van der Waals surface area contributed by atoms with Gasteiger partial charge in [-0.15, -0.1) is 11.6 Å². The van der Waals surface area contributed by atoms with E-state index in [1.165, 1.54) is 0 Å². The number of rotatable bonds is 3. The van der Waals surface area contributed by atoms with E-state index in [2.05, 4.69) is 11.9 Å². The zero-order valence-electron chi connectivity index (χ0n) is 10.4. The molecule has 94 valence electrons. The lowest BCUT2D eigenvalue weighted by Crippen LogP contribution is -2.06. The van der Waals surface area contributed by atoms with Crippen LogP contribution in [0.15, 0.2) is 42.6 Å². The Morgan fingerprint density at radius 1 is 1.11 bits per heavy atom. The summed E-state index contributed by atoms with van der Waals surface area (Å²) in [6, 6.07) is 11.7. The Kier molecular flexibility index (Phi) is 4.26. The first-order valence-electron chi connectivity index (χ1n) is 5.91. The summed E-state index contributed by atoms with van der Waals surface area (Å²) in [4.78, 5) is 4.36. The van der Waals surface area contributed by atoms with E-state index in [4.69, 9.17) is 23.2 Å². The van der Waals surface area contributed by atoms with Crippen molar-refractivity contribution in [3.63, 3.8) is 0 Å². The number of benzene rings is 1. The predicted octanol–water partition coefficient (Wildman–Crippen LogP) is 5.13. The maximum absolute atomic E-state index is 6.57. The fraction of sp³-hybridized carbons (Fsp3) is 0.267. The molecule has 0 aliphatic carbocycles. The summed E-state index contributed by atoms with van der Waals surface area (Å²) in [5.41, 5.74) is 3.11. The van der Waals surface area contributed by atoms with Crippen LogP contribution in [0.25, 0.3) is 0 Å². The Balaban J connectivity index is 2.31. The van der Waals surface area contributed by atoms with Crippen LogP contribution in [0.4, 0.5) is 0 Å². The molecule has 0 aliphatic heterocycles. The molecule has 0 radical (unpaired) electrons. The van der Waals surface area contributed by atoms with Gasteiger partial charge in [-0.25, -0.2) is 0 Å². The maximum Gasteiger partial charge on any atom is 0.0669 e. The van der Waals surface area contributed by atoms with Crippen molar-refractivity contribution in [2.45, 2.75) is 25.1 Å². The summed E-state index contributed by atoms with van der Waals surface area (Å²) in [5, 5.41) is 0.630. The Morgan fingerprint density at radius 2 is 1.89 bits per heavy atom. The second kappa shape index (κ2) is 5.73. The smallest absolute Gasteiger partial charge is 0.0669 e. The van der Waals surface area contributed by atoms with Crippen molar-refractivity contribution in [1.82, 2.24) is 4.98 Å². The molecule has 3 heteroatoms.